The summed E-state index contributed by atoms with van der Waals surface area (Å²) in [7, 11) is 0. The van der Waals surface area contributed by atoms with Crippen molar-refractivity contribution in [2.24, 2.45) is 0 Å². The number of unbranched alkanes of at least 4 members (excludes halogenated alkanes) is 22. The van der Waals surface area contributed by atoms with Crippen molar-refractivity contribution in [3.05, 3.63) is 24.3 Å². The van der Waals surface area contributed by atoms with Gasteiger partial charge in [-0.1, -0.05) is 141 Å². The van der Waals surface area contributed by atoms with Crippen LogP contribution in [-0.4, -0.2) is 65.7 Å². The van der Waals surface area contributed by atoms with Gasteiger partial charge in [0, 0.05) is 12.8 Å². The van der Waals surface area contributed by atoms with Crippen LogP contribution in [0.4, 0.5) is 0 Å². The van der Waals surface area contributed by atoms with E-state index >= 15 is 0 Å². The van der Waals surface area contributed by atoms with E-state index in [1.807, 2.05) is 0 Å². The molecule has 0 unspecified atom stereocenters. The quantitative estimate of drug-likeness (QED) is 0.0238. The zero-order chi connectivity index (χ0) is 39.1. The first-order chi connectivity index (χ1) is 25.8. The second kappa shape index (κ2) is 39.1. The van der Waals surface area contributed by atoms with Crippen LogP contribution in [0.2, 0.25) is 0 Å². The number of esters is 2. The average molecular weight is 791 g/mol. The van der Waals surface area contributed by atoms with E-state index < -0.39 is 44.1 Å². The van der Waals surface area contributed by atoms with Crippen molar-refractivity contribution < 1.29 is 43.2 Å². The second-order valence-electron chi connectivity index (χ2n) is 14.3. The van der Waals surface area contributed by atoms with E-state index in [-0.39, 0.29) is 26.1 Å². The molecule has 0 saturated heterocycles. The van der Waals surface area contributed by atoms with Gasteiger partial charge in [-0.2, -0.15) is 0 Å². The Kier molecular flexibility index (Phi) is 38.3. The lowest BCUT2D eigenvalue weighted by molar-refractivity contribution is -0.153. The van der Waals surface area contributed by atoms with Crippen molar-refractivity contribution in [1.82, 2.24) is 0 Å². The van der Waals surface area contributed by atoms with Crippen LogP contribution in [0.15, 0.2) is 24.3 Å². The first-order valence-electron chi connectivity index (χ1n) is 21.3. The molecule has 0 aromatic carbocycles. The van der Waals surface area contributed by atoms with Crippen molar-refractivity contribution in [2.75, 3.05) is 26.4 Å². The van der Waals surface area contributed by atoms with Gasteiger partial charge in [0.05, 0.1) is 26.4 Å². The highest BCUT2D eigenvalue weighted by Crippen LogP contribution is 2.44. The van der Waals surface area contributed by atoms with Crippen LogP contribution < -0.4 is 0 Å². The van der Waals surface area contributed by atoms with Gasteiger partial charge in [-0.15, -0.1) is 0 Å². The van der Waals surface area contributed by atoms with Gasteiger partial charge in [0.25, 0.3) is 0 Å². The van der Waals surface area contributed by atoms with Crippen LogP contribution in [-0.2, 0) is 39.9 Å². The Morgan fingerprint density at radius 2 is 0.792 bits per heavy atom. The van der Waals surface area contributed by atoms with E-state index in [1.54, 1.807) is 0 Å². The SMILES string of the molecule is CCCCCCCC/C=C\CCCCCCCC(=O)O[C@H](CO)COP(O)(=S)OC[C@@H](CO)OC(=O)CCCCCCC/C=C\CCCCCCCC. The van der Waals surface area contributed by atoms with Crippen LogP contribution in [0, 0.1) is 0 Å². The molecular weight excluding hydrogens is 711 g/mol. The molecule has 9 nitrogen and oxygen atoms in total. The maximum absolute atomic E-state index is 12.3. The number of carbonyl (C=O) groups excluding carboxylic acids is 2. The molecule has 0 aliphatic carbocycles. The molecule has 0 fully saturated rings. The third-order valence-corrected chi connectivity index (χ3v) is 10.7. The summed E-state index contributed by atoms with van der Waals surface area (Å²) >= 11 is 5.02. The maximum atomic E-state index is 12.3. The Hall–Kier alpha value is -1.13. The minimum Gasteiger partial charge on any atom is -0.457 e. The Morgan fingerprint density at radius 1 is 0.509 bits per heavy atom. The molecule has 0 aliphatic heterocycles. The number of ether oxygens (including phenoxy) is 2. The van der Waals surface area contributed by atoms with Gasteiger partial charge in [-0.3, -0.25) is 9.59 Å². The van der Waals surface area contributed by atoms with Crippen molar-refractivity contribution in [3.8, 4) is 0 Å². The summed E-state index contributed by atoms with van der Waals surface area (Å²) in [5.74, 6) is -0.896. The summed E-state index contributed by atoms with van der Waals surface area (Å²) in [5, 5.41) is 19.3. The number of aliphatic hydroxyl groups excluding tert-OH is 2. The summed E-state index contributed by atoms with van der Waals surface area (Å²) in [4.78, 5) is 34.9. The molecule has 0 aromatic rings. The maximum Gasteiger partial charge on any atom is 0.324 e. The number of rotatable bonds is 40. The fourth-order valence-corrected chi connectivity index (χ4v) is 6.96. The first kappa shape index (κ1) is 51.9. The fraction of sp³-hybridized carbons (Fsp3) is 0.857. The lowest BCUT2D eigenvalue weighted by Crippen LogP contribution is -2.28. The van der Waals surface area contributed by atoms with Crippen LogP contribution >= 0.6 is 6.72 Å². The number of carbonyl (C=O) groups is 2. The standard InChI is InChI=1S/C42H79O9PS/c1-3-5-7-9-11-13-15-17-19-21-23-25-27-29-31-33-41(45)50-39(35-43)37-48-52(47,53)49-38-40(36-44)51-42(46)34-32-30-28-26-24-22-20-18-16-14-12-10-8-6-4-2/h17-20,39-40,43-44H,3-16,21-38H2,1-2H3,(H,47,53)/b19-17-,20-18-/t39-,40-/m1/s1. The Bertz CT molecular complexity index is 876. The van der Waals surface area contributed by atoms with Crippen LogP contribution in [0.25, 0.3) is 0 Å². The highest BCUT2D eigenvalue weighted by molar-refractivity contribution is 8.07. The minimum absolute atomic E-state index is 0.235. The molecule has 312 valence electrons. The molecule has 11 heteroatoms. The zero-order valence-corrected chi connectivity index (χ0v) is 35.4. The summed E-state index contributed by atoms with van der Waals surface area (Å²) in [6.45, 7) is -1.01. The van der Waals surface area contributed by atoms with Crippen LogP contribution in [0.1, 0.15) is 194 Å². The van der Waals surface area contributed by atoms with E-state index in [0.29, 0.717) is 12.8 Å². The highest BCUT2D eigenvalue weighted by Gasteiger charge is 2.24. The summed E-state index contributed by atoms with van der Waals surface area (Å²) in [6.07, 6.45) is 38.0. The predicted molar refractivity (Wildman–Crippen MR) is 221 cm³/mol. The molecule has 3 N–H and O–H groups in total. The normalized spacial score (nSPS) is 13.2. The molecule has 0 spiro atoms. The zero-order valence-electron chi connectivity index (χ0n) is 33.7. The lowest BCUT2D eigenvalue weighted by Gasteiger charge is -2.22. The van der Waals surface area contributed by atoms with Gasteiger partial charge in [0.1, 0.15) is 12.2 Å². The largest absolute Gasteiger partial charge is 0.457 e. The van der Waals surface area contributed by atoms with Crippen LogP contribution in [0.5, 0.6) is 0 Å². The smallest absolute Gasteiger partial charge is 0.324 e. The molecule has 2 atom stereocenters. The van der Waals surface area contributed by atoms with E-state index in [2.05, 4.69) is 38.2 Å². The predicted octanol–water partition coefficient (Wildman–Crippen LogP) is 11.1. The molecule has 0 aliphatic rings. The molecule has 53 heavy (non-hydrogen) atoms. The average Bonchev–Trinajstić information content (AvgIpc) is 3.14. The number of allylic oxidation sites excluding steroid dienone is 4. The monoisotopic (exact) mass is 791 g/mol. The van der Waals surface area contributed by atoms with Gasteiger partial charge in [0.2, 0.25) is 0 Å². The van der Waals surface area contributed by atoms with Gasteiger partial charge in [-0.05, 0) is 76.0 Å². The highest BCUT2D eigenvalue weighted by atomic mass is 32.5. The summed E-state index contributed by atoms with van der Waals surface area (Å²) < 4.78 is 21.1. The molecule has 0 saturated carbocycles. The molecule has 0 rings (SSSR count). The first-order valence-corrected chi connectivity index (χ1v) is 23.9. The number of hydrogen-bond acceptors (Lipinski definition) is 9. The van der Waals surface area contributed by atoms with Gasteiger partial charge < -0.3 is 33.6 Å². The van der Waals surface area contributed by atoms with E-state index in [1.165, 1.54) is 89.9 Å². The number of aliphatic hydroxyl groups is 2. The van der Waals surface area contributed by atoms with Crippen molar-refractivity contribution in [3.63, 3.8) is 0 Å². The summed E-state index contributed by atoms with van der Waals surface area (Å²) in [5.41, 5.74) is 0. The van der Waals surface area contributed by atoms with Gasteiger partial charge in [-0.25, -0.2) is 0 Å². The molecule has 0 amide bonds. The molecule has 0 bridgehead atoms. The Morgan fingerprint density at radius 3 is 1.09 bits per heavy atom. The van der Waals surface area contributed by atoms with Crippen molar-refractivity contribution in [1.29, 1.82) is 0 Å². The number of hydrogen-bond donors (Lipinski definition) is 3. The minimum atomic E-state index is -3.80. The van der Waals surface area contributed by atoms with E-state index in [4.69, 9.17) is 30.3 Å². The third-order valence-electron chi connectivity index (χ3n) is 9.14. The molecule has 0 heterocycles. The Labute approximate surface area is 329 Å². The van der Waals surface area contributed by atoms with Crippen LogP contribution in [0.3, 0.4) is 0 Å². The molecule has 0 radical (unpaired) electrons. The van der Waals surface area contributed by atoms with Crippen molar-refractivity contribution >= 4 is 30.5 Å². The molecule has 0 aromatic heterocycles. The lowest BCUT2D eigenvalue weighted by atomic mass is 10.1. The van der Waals surface area contributed by atoms with Gasteiger partial charge in [0.15, 0.2) is 0 Å². The topological polar surface area (TPSA) is 132 Å². The van der Waals surface area contributed by atoms with E-state index in [0.717, 1.165) is 64.2 Å². The Balaban J connectivity index is 3.95. The van der Waals surface area contributed by atoms with Gasteiger partial charge >= 0.3 is 18.7 Å². The molecular formula is C42H79O9PS. The van der Waals surface area contributed by atoms with E-state index in [9.17, 15) is 24.7 Å². The fourth-order valence-electron chi connectivity index (χ4n) is 5.81. The third kappa shape index (κ3) is 37.6. The summed E-state index contributed by atoms with van der Waals surface area (Å²) in [6, 6.07) is 0. The van der Waals surface area contributed by atoms with Crippen molar-refractivity contribution in [2.45, 2.75) is 206 Å². The second-order valence-corrected chi connectivity index (χ2v) is 17.2.